The summed E-state index contributed by atoms with van der Waals surface area (Å²) in [6.07, 6.45) is 0.618. The number of carbonyl (C=O) groups excluding carboxylic acids is 4. The summed E-state index contributed by atoms with van der Waals surface area (Å²) in [6, 6.07) is 15.2. The van der Waals surface area contributed by atoms with E-state index < -0.39 is 51.8 Å². The first-order chi connectivity index (χ1) is 20.8. The second-order valence-corrected chi connectivity index (χ2v) is 12.2. The Labute approximate surface area is 256 Å². The number of aliphatic imine (C=N–C) groups is 1. The minimum atomic E-state index is -3.30. The average Bonchev–Trinajstić information content (AvgIpc) is 2.97. The van der Waals surface area contributed by atoms with Crippen LogP contribution in [0.4, 0.5) is 4.79 Å². The molecular formula is C29H40N6O8S. The lowest BCUT2D eigenvalue weighted by molar-refractivity contribution is -0.148. The molecule has 0 saturated carbocycles. The molecule has 0 saturated heterocycles. The number of nitrogens with zero attached hydrogens (tertiary/aromatic N) is 1. The molecule has 3 amide bonds. The van der Waals surface area contributed by atoms with Crippen molar-refractivity contribution in [1.29, 1.82) is 0 Å². The molecular weight excluding hydrogens is 592 g/mol. The van der Waals surface area contributed by atoms with Crippen molar-refractivity contribution in [2.75, 3.05) is 25.2 Å². The van der Waals surface area contributed by atoms with Gasteiger partial charge in [0.05, 0.1) is 11.8 Å². The molecule has 0 aliphatic heterocycles. The van der Waals surface area contributed by atoms with Gasteiger partial charge in [0.25, 0.3) is 0 Å². The van der Waals surface area contributed by atoms with Crippen LogP contribution in [0.3, 0.4) is 0 Å². The number of sulfone groups is 1. The molecule has 44 heavy (non-hydrogen) atoms. The average molecular weight is 633 g/mol. The summed E-state index contributed by atoms with van der Waals surface area (Å²) in [5, 5.41) is 7.38. The zero-order chi connectivity index (χ0) is 32.5. The SMILES string of the molecule is C[C@H](NC(=O)[C@H](CCCN=C(N)NC(=O)OCCS(C)(=O)=O)NC(=O)[C@@H](N)Cc1ccccc1)C(=O)OCc1ccccc1. The number of carbonyl (C=O) groups is 4. The largest absolute Gasteiger partial charge is 0.459 e. The molecule has 3 atom stereocenters. The van der Waals surface area contributed by atoms with Gasteiger partial charge in [-0.2, -0.15) is 0 Å². The third kappa shape index (κ3) is 14.6. The fourth-order valence-corrected chi connectivity index (χ4v) is 4.08. The Morgan fingerprint density at radius 2 is 1.52 bits per heavy atom. The van der Waals surface area contributed by atoms with E-state index in [0.29, 0.717) is 0 Å². The number of nitrogens with one attached hydrogen (secondary N) is 3. The van der Waals surface area contributed by atoms with Gasteiger partial charge in [0, 0.05) is 12.8 Å². The number of guanidine groups is 1. The van der Waals surface area contributed by atoms with Crippen LogP contribution in [0.1, 0.15) is 30.9 Å². The highest BCUT2D eigenvalue weighted by Crippen LogP contribution is 2.06. The van der Waals surface area contributed by atoms with Gasteiger partial charge in [0.2, 0.25) is 11.8 Å². The summed E-state index contributed by atoms with van der Waals surface area (Å²) in [5.74, 6) is -2.46. The molecule has 0 heterocycles. The van der Waals surface area contributed by atoms with Crippen LogP contribution < -0.4 is 27.4 Å². The molecule has 14 nitrogen and oxygen atoms in total. The van der Waals surface area contributed by atoms with Gasteiger partial charge in [-0.3, -0.25) is 19.9 Å². The van der Waals surface area contributed by atoms with Crippen LogP contribution in [-0.2, 0) is 46.7 Å². The van der Waals surface area contributed by atoms with Crippen molar-refractivity contribution in [2.45, 2.75) is 50.9 Å². The fraction of sp³-hybridized carbons (Fsp3) is 0.414. The van der Waals surface area contributed by atoms with E-state index in [9.17, 15) is 27.6 Å². The predicted molar refractivity (Wildman–Crippen MR) is 164 cm³/mol. The molecule has 0 spiro atoms. The summed E-state index contributed by atoms with van der Waals surface area (Å²) in [5.41, 5.74) is 13.4. The third-order valence-electron chi connectivity index (χ3n) is 6.05. The van der Waals surface area contributed by atoms with Crippen molar-refractivity contribution < 1.29 is 37.1 Å². The first-order valence-corrected chi connectivity index (χ1v) is 15.9. The van der Waals surface area contributed by atoms with Gasteiger partial charge in [-0.05, 0) is 37.3 Å². The second-order valence-electron chi connectivity index (χ2n) is 9.98. The molecule has 15 heteroatoms. The number of ether oxygens (including phenoxy) is 2. The Kier molecular flexibility index (Phi) is 14.8. The molecule has 0 radical (unpaired) electrons. The summed E-state index contributed by atoms with van der Waals surface area (Å²) in [4.78, 5) is 54.3. The number of hydrogen-bond acceptors (Lipinski definition) is 10. The van der Waals surface area contributed by atoms with Gasteiger partial charge in [0.15, 0.2) is 15.8 Å². The first kappa shape index (κ1) is 35.7. The normalized spacial score (nSPS) is 13.6. The quantitative estimate of drug-likeness (QED) is 0.0730. The zero-order valence-electron chi connectivity index (χ0n) is 24.7. The molecule has 0 aromatic heterocycles. The van der Waals surface area contributed by atoms with E-state index in [1.54, 1.807) is 12.1 Å². The number of rotatable bonds is 16. The number of amides is 3. The van der Waals surface area contributed by atoms with E-state index >= 15 is 0 Å². The van der Waals surface area contributed by atoms with E-state index in [1.165, 1.54) is 6.92 Å². The predicted octanol–water partition coefficient (Wildman–Crippen LogP) is 0.155. The van der Waals surface area contributed by atoms with E-state index in [2.05, 4.69) is 20.9 Å². The summed E-state index contributed by atoms with van der Waals surface area (Å²) in [6.45, 7) is 1.21. The van der Waals surface area contributed by atoms with Crippen molar-refractivity contribution in [3.8, 4) is 0 Å². The Morgan fingerprint density at radius 3 is 2.14 bits per heavy atom. The molecule has 2 aromatic carbocycles. The number of benzene rings is 2. The van der Waals surface area contributed by atoms with Crippen LogP contribution in [0, 0.1) is 0 Å². The van der Waals surface area contributed by atoms with Gasteiger partial charge < -0.3 is 31.6 Å². The highest BCUT2D eigenvalue weighted by molar-refractivity contribution is 7.90. The molecule has 0 unspecified atom stereocenters. The monoisotopic (exact) mass is 632 g/mol. The van der Waals surface area contributed by atoms with Crippen LogP contribution in [0.25, 0.3) is 0 Å². The highest BCUT2D eigenvalue weighted by atomic mass is 32.2. The molecule has 0 fully saturated rings. The summed E-state index contributed by atoms with van der Waals surface area (Å²) in [7, 11) is -3.30. The van der Waals surface area contributed by atoms with Crippen LogP contribution in [0.15, 0.2) is 65.7 Å². The Morgan fingerprint density at radius 1 is 0.909 bits per heavy atom. The fourth-order valence-electron chi connectivity index (χ4n) is 3.70. The standard InChI is InChI=1S/C29H40N6O8S/c1-20(27(38)43-19-22-12-7-4-8-13-22)33-26(37)24(34-25(36)23(30)18-21-10-5-3-6-11-21)14-9-15-32-28(31)35-29(39)42-16-17-44(2,40)41/h3-8,10-13,20,23-24H,9,14-19,30H2,1-2H3,(H,33,37)(H,34,36)(H3,31,32,35,39)/t20-,23-,24-/m0/s1. The van der Waals surface area contributed by atoms with Gasteiger partial charge in [-0.1, -0.05) is 60.7 Å². The Balaban J connectivity index is 1.96. The van der Waals surface area contributed by atoms with Gasteiger partial charge in [-0.25, -0.2) is 18.0 Å². The molecule has 0 aliphatic rings. The topological polar surface area (TPSA) is 221 Å². The van der Waals surface area contributed by atoms with Gasteiger partial charge in [0.1, 0.15) is 25.3 Å². The van der Waals surface area contributed by atoms with Crippen LogP contribution in [-0.4, -0.2) is 81.5 Å². The van der Waals surface area contributed by atoms with E-state index in [-0.39, 0.29) is 50.7 Å². The number of hydrogen-bond donors (Lipinski definition) is 5. The zero-order valence-corrected chi connectivity index (χ0v) is 25.5. The maximum atomic E-state index is 13.1. The van der Waals surface area contributed by atoms with Gasteiger partial charge >= 0.3 is 12.1 Å². The lowest BCUT2D eigenvalue weighted by Gasteiger charge is -2.22. The van der Waals surface area contributed by atoms with Crippen molar-refractivity contribution in [3.05, 3.63) is 71.8 Å². The number of alkyl carbamates (subject to hydrolysis) is 1. The van der Waals surface area contributed by atoms with E-state index in [4.69, 9.17) is 20.9 Å². The van der Waals surface area contributed by atoms with Crippen LogP contribution in [0.5, 0.6) is 0 Å². The Bertz CT molecular complexity index is 1370. The van der Waals surface area contributed by atoms with E-state index in [1.807, 2.05) is 48.5 Å². The van der Waals surface area contributed by atoms with Crippen molar-refractivity contribution in [1.82, 2.24) is 16.0 Å². The molecule has 0 bridgehead atoms. The minimum absolute atomic E-state index is 0.0348. The number of nitrogens with two attached hydrogens (primary N) is 2. The maximum Gasteiger partial charge on any atom is 0.413 e. The highest BCUT2D eigenvalue weighted by Gasteiger charge is 2.27. The lowest BCUT2D eigenvalue weighted by Crippen LogP contribution is -2.54. The third-order valence-corrected chi connectivity index (χ3v) is 6.96. The van der Waals surface area contributed by atoms with Crippen molar-refractivity contribution in [2.24, 2.45) is 16.5 Å². The molecule has 2 aromatic rings. The van der Waals surface area contributed by atoms with Crippen LogP contribution in [0.2, 0.25) is 0 Å². The lowest BCUT2D eigenvalue weighted by atomic mass is 10.0. The minimum Gasteiger partial charge on any atom is -0.459 e. The first-order valence-electron chi connectivity index (χ1n) is 13.9. The van der Waals surface area contributed by atoms with Gasteiger partial charge in [-0.15, -0.1) is 0 Å². The second kappa shape index (κ2) is 18.2. The number of esters is 1. The maximum absolute atomic E-state index is 13.1. The summed E-state index contributed by atoms with van der Waals surface area (Å²) < 4.78 is 32.3. The molecule has 240 valence electrons. The summed E-state index contributed by atoms with van der Waals surface area (Å²) >= 11 is 0. The smallest absolute Gasteiger partial charge is 0.413 e. The van der Waals surface area contributed by atoms with Crippen molar-refractivity contribution >= 4 is 39.7 Å². The Hall–Kier alpha value is -4.50. The van der Waals surface area contributed by atoms with Crippen molar-refractivity contribution in [3.63, 3.8) is 0 Å². The molecule has 2 rings (SSSR count). The van der Waals surface area contributed by atoms with E-state index in [0.717, 1.165) is 17.4 Å². The molecule has 7 N–H and O–H groups in total. The van der Waals surface area contributed by atoms with Crippen LogP contribution >= 0.6 is 0 Å². The molecule has 0 aliphatic carbocycles.